The molecule has 4 nitrogen and oxygen atoms in total. The van der Waals surface area contributed by atoms with Crippen LogP contribution in [0.25, 0.3) is 10.1 Å². The second-order valence-electron chi connectivity index (χ2n) is 9.68. The minimum atomic E-state index is -4.32. The van der Waals surface area contributed by atoms with E-state index >= 15 is 0 Å². The topological polar surface area (TPSA) is 32.8 Å². The smallest absolute Gasteiger partial charge is 0.416 e. The summed E-state index contributed by atoms with van der Waals surface area (Å²) in [7, 11) is 0. The number of hydrogen-bond acceptors (Lipinski definition) is 4. The molecule has 0 atom stereocenters. The van der Waals surface area contributed by atoms with Crippen LogP contribution in [0.3, 0.4) is 0 Å². The Morgan fingerprint density at radius 2 is 1.81 bits per heavy atom. The Balaban J connectivity index is 1.44. The molecule has 0 radical (unpaired) electrons. The number of piperidine rings is 1. The number of ether oxygens (including phenoxy) is 1. The van der Waals surface area contributed by atoms with Crippen LogP contribution < -0.4 is 0 Å². The van der Waals surface area contributed by atoms with Crippen molar-refractivity contribution in [1.82, 2.24) is 9.80 Å². The van der Waals surface area contributed by atoms with Gasteiger partial charge < -0.3 is 9.64 Å². The molecule has 0 N–H and O–H groups in total. The molecule has 1 spiro atoms. The quantitative estimate of drug-likeness (QED) is 0.535. The van der Waals surface area contributed by atoms with Crippen LogP contribution in [-0.2, 0) is 17.5 Å². The lowest BCUT2D eigenvalue weighted by Crippen LogP contribution is -2.53. The number of hydrogen-bond donors (Lipinski definition) is 0. The third kappa shape index (κ3) is 4.85. The van der Waals surface area contributed by atoms with E-state index in [1.807, 2.05) is 26.8 Å². The molecule has 3 heterocycles. The largest absolute Gasteiger partial charge is 0.444 e. The van der Waals surface area contributed by atoms with E-state index in [2.05, 4.69) is 4.90 Å². The van der Waals surface area contributed by atoms with Crippen LogP contribution in [0.5, 0.6) is 0 Å². The van der Waals surface area contributed by atoms with Gasteiger partial charge in [-0.25, -0.2) is 4.79 Å². The van der Waals surface area contributed by atoms with Crippen molar-refractivity contribution in [2.24, 2.45) is 0 Å². The Morgan fingerprint density at radius 3 is 2.45 bits per heavy atom. The van der Waals surface area contributed by atoms with Crippen molar-refractivity contribution in [3.05, 3.63) is 34.7 Å². The summed E-state index contributed by atoms with van der Waals surface area (Å²) in [5.74, 6) is 0. The van der Waals surface area contributed by atoms with Gasteiger partial charge in [0.2, 0.25) is 0 Å². The van der Waals surface area contributed by atoms with Crippen molar-refractivity contribution in [2.45, 2.75) is 70.3 Å². The fourth-order valence-electron chi connectivity index (χ4n) is 4.77. The van der Waals surface area contributed by atoms with Crippen molar-refractivity contribution in [1.29, 1.82) is 0 Å². The Labute approximate surface area is 185 Å². The molecular formula is C23H29F3N2O2S. The number of fused-ring (bicyclic) bond motifs is 1. The Hall–Kier alpha value is -1.80. The van der Waals surface area contributed by atoms with Gasteiger partial charge in [0.15, 0.2) is 0 Å². The first-order valence-corrected chi connectivity index (χ1v) is 11.6. The Kier molecular flexibility index (Phi) is 5.75. The summed E-state index contributed by atoms with van der Waals surface area (Å²) in [6.45, 7) is 8.69. The number of rotatable bonds is 2. The third-order valence-electron chi connectivity index (χ3n) is 6.33. The van der Waals surface area contributed by atoms with E-state index in [0.29, 0.717) is 17.8 Å². The number of alkyl halides is 3. The molecule has 170 valence electrons. The maximum atomic E-state index is 13.0. The highest BCUT2D eigenvalue weighted by molar-refractivity contribution is 7.19. The van der Waals surface area contributed by atoms with Crippen LogP contribution in [-0.4, -0.2) is 46.7 Å². The number of carbonyl (C=O) groups excluding carboxylic acids is 1. The second-order valence-corrected chi connectivity index (χ2v) is 10.8. The van der Waals surface area contributed by atoms with Crippen molar-refractivity contribution < 1.29 is 22.7 Å². The summed E-state index contributed by atoms with van der Waals surface area (Å²) >= 11 is 1.45. The Morgan fingerprint density at radius 1 is 1.10 bits per heavy atom. The zero-order valence-electron chi connectivity index (χ0n) is 18.2. The van der Waals surface area contributed by atoms with E-state index in [9.17, 15) is 18.0 Å². The molecule has 8 heteroatoms. The summed E-state index contributed by atoms with van der Waals surface area (Å²) in [5.41, 5.74) is -1.04. The van der Waals surface area contributed by atoms with Crippen LogP contribution in [0.1, 0.15) is 56.9 Å². The number of nitrogens with zero attached hydrogens (tertiary/aromatic N) is 2. The molecule has 2 aromatic rings. The fraction of sp³-hybridized carbons (Fsp3) is 0.609. The van der Waals surface area contributed by atoms with Gasteiger partial charge >= 0.3 is 12.3 Å². The van der Waals surface area contributed by atoms with E-state index < -0.39 is 17.3 Å². The molecule has 1 aromatic carbocycles. The van der Waals surface area contributed by atoms with E-state index in [-0.39, 0.29) is 11.6 Å². The number of likely N-dealkylation sites (tertiary alicyclic amines) is 2. The van der Waals surface area contributed by atoms with Gasteiger partial charge in [0.25, 0.3) is 0 Å². The van der Waals surface area contributed by atoms with Gasteiger partial charge in [-0.1, -0.05) is 6.07 Å². The minimum Gasteiger partial charge on any atom is -0.444 e. The zero-order valence-corrected chi connectivity index (χ0v) is 19.0. The highest BCUT2D eigenvalue weighted by atomic mass is 32.1. The van der Waals surface area contributed by atoms with Gasteiger partial charge in [0.05, 0.1) is 5.56 Å². The summed E-state index contributed by atoms with van der Waals surface area (Å²) in [6.07, 6.45) is -0.574. The average molecular weight is 455 g/mol. The van der Waals surface area contributed by atoms with E-state index in [1.165, 1.54) is 17.4 Å². The maximum absolute atomic E-state index is 13.0. The molecule has 31 heavy (non-hydrogen) atoms. The zero-order chi connectivity index (χ0) is 22.4. The molecule has 2 aliphatic heterocycles. The normalized spacial score (nSPS) is 20.0. The maximum Gasteiger partial charge on any atom is 0.416 e. The first-order chi connectivity index (χ1) is 14.5. The molecule has 1 amide bonds. The standard InChI is InChI=1S/C23H29F3N2O2S/c1-21(2,3)30-20(29)27-11-8-22(9-12-27)7-4-10-28(22)15-18-13-16-5-6-17(23(24,25)26)14-19(16)31-18/h5-6,13-14H,4,7-12,15H2,1-3H3. The molecule has 2 fully saturated rings. The summed E-state index contributed by atoms with van der Waals surface area (Å²) in [4.78, 5) is 17.8. The monoisotopic (exact) mass is 454 g/mol. The SMILES string of the molecule is CC(C)(C)OC(=O)N1CCC2(CCCN2Cc2cc3ccc(C(F)(F)F)cc3s2)CC1. The number of amides is 1. The van der Waals surface area contributed by atoms with Crippen LogP contribution in [0, 0.1) is 0 Å². The van der Waals surface area contributed by atoms with Gasteiger partial charge in [0.1, 0.15) is 5.60 Å². The third-order valence-corrected chi connectivity index (χ3v) is 7.41. The van der Waals surface area contributed by atoms with Gasteiger partial charge in [-0.3, -0.25) is 4.90 Å². The predicted octanol–water partition coefficient (Wildman–Crippen LogP) is 6.29. The van der Waals surface area contributed by atoms with Crippen LogP contribution in [0.4, 0.5) is 18.0 Å². The Bertz CT molecular complexity index is 956. The fourth-order valence-corrected chi connectivity index (χ4v) is 5.89. The van der Waals surface area contributed by atoms with Crippen molar-refractivity contribution in [3.63, 3.8) is 0 Å². The highest BCUT2D eigenvalue weighted by Gasteiger charge is 2.44. The molecule has 0 saturated carbocycles. The van der Waals surface area contributed by atoms with Crippen LogP contribution in [0.2, 0.25) is 0 Å². The van der Waals surface area contributed by atoms with Gasteiger partial charge in [-0.05, 0) is 76.6 Å². The highest BCUT2D eigenvalue weighted by Crippen LogP contribution is 2.41. The van der Waals surface area contributed by atoms with Gasteiger partial charge in [-0.15, -0.1) is 11.3 Å². The molecule has 0 bridgehead atoms. The van der Waals surface area contributed by atoms with Gasteiger partial charge in [0, 0.05) is 34.8 Å². The lowest BCUT2D eigenvalue weighted by Gasteiger charge is -2.45. The predicted molar refractivity (Wildman–Crippen MR) is 116 cm³/mol. The first kappa shape index (κ1) is 22.4. The van der Waals surface area contributed by atoms with Gasteiger partial charge in [-0.2, -0.15) is 13.2 Å². The summed E-state index contributed by atoms with van der Waals surface area (Å²) < 4.78 is 45.3. The number of thiophene rings is 1. The molecule has 2 aliphatic rings. The van der Waals surface area contributed by atoms with E-state index in [1.54, 1.807) is 11.0 Å². The van der Waals surface area contributed by atoms with Crippen LogP contribution in [0.15, 0.2) is 24.3 Å². The molecule has 1 aromatic heterocycles. The number of benzene rings is 1. The van der Waals surface area contributed by atoms with E-state index in [0.717, 1.165) is 55.1 Å². The van der Waals surface area contributed by atoms with E-state index in [4.69, 9.17) is 4.74 Å². The van der Waals surface area contributed by atoms with Crippen LogP contribution >= 0.6 is 11.3 Å². The second kappa shape index (κ2) is 7.96. The molecule has 0 unspecified atom stereocenters. The molecule has 0 aliphatic carbocycles. The first-order valence-electron chi connectivity index (χ1n) is 10.8. The lowest BCUT2D eigenvalue weighted by atomic mass is 9.85. The van der Waals surface area contributed by atoms with Crippen molar-refractivity contribution >= 4 is 27.5 Å². The lowest BCUT2D eigenvalue weighted by molar-refractivity contribution is -0.137. The molecule has 4 rings (SSSR count). The van der Waals surface area contributed by atoms with Crippen molar-refractivity contribution in [3.8, 4) is 0 Å². The number of carbonyl (C=O) groups is 1. The van der Waals surface area contributed by atoms with Crippen molar-refractivity contribution in [2.75, 3.05) is 19.6 Å². The summed E-state index contributed by atoms with van der Waals surface area (Å²) in [6, 6.07) is 5.99. The average Bonchev–Trinajstić information content (AvgIpc) is 3.23. The summed E-state index contributed by atoms with van der Waals surface area (Å²) in [5, 5.41) is 0.862. The minimum absolute atomic E-state index is 0.0613. The number of halogens is 3. The molecule has 2 saturated heterocycles. The molecular weight excluding hydrogens is 425 g/mol.